The van der Waals surface area contributed by atoms with Gasteiger partial charge in [-0.25, -0.2) is 4.79 Å². The molecule has 1 atom stereocenters. The number of esters is 1. The maximum Gasteiger partial charge on any atom is 0.399 e. The van der Waals surface area contributed by atoms with Gasteiger partial charge in [-0.3, -0.25) is 9.69 Å². The third kappa shape index (κ3) is 1.29. The van der Waals surface area contributed by atoms with E-state index < -0.39 is 17.6 Å². The molecule has 1 amide bonds. The van der Waals surface area contributed by atoms with Gasteiger partial charge in [0.2, 0.25) is 5.72 Å². The quantitative estimate of drug-likeness (QED) is 0.539. The van der Waals surface area contributed by atoms with E-state index >= 15 is 0 Å². The minimum absolute atomic E-state index is 0.511. The summed E-state index contributed by atoms with van der Waals surface area (Å²) >= 11 is 3.49. The van der Waals surface area contributed by atoms with Crippen LogP contribution in [0.4, 0.5) is 0 Å². The van der Waals surface area contributed by atoms with E-state index in [1.165, 1.54) is 4.90 Å². The molecule has 1 unspecified atom stereocenters. The van der Waals surface area contributed by atoms with Gasteiger partial charge in [-0.1, -0.05) is 28.1 Å². The van der Waals surface area contributed by atoms with Crippen LogP contribution in [0.5, 0.6) is 0 Å². The first-order valence-electron chi connectivity index (χ1n) is 5.37. The molecule has 2 heterocycles. The molecule has 2 aliphatic heterocycles. The number of ether oxygens (including phenoxy) is 1. The SMILES string of the molecule is CC12OC(=O)C(=O)N1CCc1c(Br)cccc12. The van der Waals surface area contributed by atoms with Crippen LogP contribution in [0.3, 0.4) is 0 Å². The van der Waals surface area contributed by atoms with Crippen LogP contribution in [0.2, 0.25) is 0 Å². The molecule has 17 heavy (non-hydrogen) atoms. The molecule has 3 rings (SSSR count). The number of hydrogen-bond donors (Lipinski definition) is 0. The average Bonchev–Trinajstić information content (AvgIpc) is 2.51. The van der Waals surface area contributed by atoms with E-state index in [9.17, 15) is 9.59 Å². The van der Waals surface area contributed by atoms with Crippen molar-refractivity contribution in [1.29, 1.82) is 0 Å². The molecule has 1 aromatic rings. The van der Waals surface area contributed by atoms with Gasteiger partial charge in [0.1, 0.15) is 0 Å². The fourth-order valence-corrected chi connectivity index (χ4v) is 3.13. The zero-order valence-electron chi connectivity index (χ0n) is 9.20. The molecule has 0 bridgehead atoms. The Kier molecular flexibility index (Phi) is 2.10. The smallest absolute Gasteiger partial charge is 0.399 e. The van der Waals surface area contributed by atoms with Crippen molar-refractivity contribution in [1.82, 2.24) is 4.90 Å². The number of rotatable bonds is 0. The van der Waals surface area contributed by atoms with Gasteiger partial charge in [-0.2, -0.15) is 0 Å². The second kappa shape index (κ2) is 3.32. The maximum absolute atomic E-state index is 11.7. The minimum atomic E-state index is -0.939. The van der Waals surface area contributed by atoms with Gasteiger partial charge < -0.3 is 4.74 Å². The normalized spacial score (nSPS) is 26.6. The number of fused-ring (bicyclic) bond motifs is 3. The number of hydrogen-bond acceptors (Lipinski definition) is 3. The topological polar surface area (TPSA) is 46.6 Å². The molecule has 1 saturated heterocycles. The molecule has 88 valence electrons. The van der Waals surface area contributed by atoms with Gasteiger partial charge in [0.15, 0.2) is 0 Å². The van der Waals surface area contributed by atoms with E-state index in [-0.39, 0.29) is 0 Å². The summed E-state index contributed by atoms with van der Waals surface area (Å²) in [6.45, 7) is 2.27. The minimum Gasteiger partial charge on any atom is -0.428 e. The third-order valence-corrected chi connectivity index (χ3v) is 4.17. The second-order valence-corrected chi connectivity index (χ2v) is 5.20. The first-order chi connectivity index (χ1) is 8.04. The van der Waals surface area contributed by atoms with Crippen molar-refractivity contribution in [2.45, 2.75) is 19.1 Å². The Morgan fingerprint density at radius 1 is 1.41 bits per heavy atom. The summed E-state index contributed by atoms with van der Waals surface area (Å²) in [6.07, 6.45) is 0.731. The van der Waals surface area contributed by atoms with Crippen LogP contribution in [-0.4, -0.2) is 23.3 Å². The van der Waals surface area contributed by atoms with Gasteiger partial charge in [0.05, 0.1) is 0 Å². The highest BCUT2D eigenvalue weighted by Crippen LogP contribution is 2.42. The van der Waals surface area contributed by atoms with Gasteiger partial charge in [-0.05, 0) is 25.0 Å². The van der Waals surface area contributed by atoms with Crippen molar-refractivity contribution < 1.29 is 14.3 Å². The number of benzene rings is 1. The largest absolute Gasteiger partial charge is 0.428 e. The molecule has 0 radical (unpaired) electrons. The number of amides is 1. The molecule has 0 saturated carbocycles. The lowest BCUT2D eigenvalue weighted by molar-refractivity contribution is -0.154. The van der Waals surface area contributed by atoms with Gasteiger partial charge in [0.25, 0.3) is 0 Å². The molecular weight excluding hydrogens is 286 g/mol. The van der Waals surface area contributed by atoms with Crippen LogP contribution in [0, 0.1) is 0 Å². The highest BCUT2D eigenvalue weighted by atomic mass is 79.9. The Morgan fingerprint density at radius 3 is 2.94 bits per heavy atom. The molecule has 0 spiro atoms. The van der Waals surface area contributed by atoms with Crippen molar-refractivity contribution in [3.8, 4) is 0 Å². The van der Waals surface area contributed by atoms with Crippen LogP contribution >= 0.6 is 15.9 Å². The van der Waals surface area contributed by atoms with E-state index in [1.807, 2.05) is 18.2 Å². The first-order valence-corrected chi connectivity index (χ1v) is 6.16. The highest BCUT2D eigenvalue weighted by Gasteiger charge is 2.53. The Labute approximate surface area is 107 Å². The number of halogens is 1. The van der Waals surface area contributed by atoms with Crippen LogP contribution in [0.15, 0.2) is 22.7 Å². The van der Waals surface area contributed by atoms with Crippen LogP contribution in [0.25, 0.3) is 0 Å². The van der Waals surface area contributed by atoms with E-state index in [2.05, 4.69) is 15.9 Å². The fraction of sp³-hybridized carbons (Fsp3) is 0.333. The standard InChI is InChI=1S/C12H10BrNO3/c1-12-8-3-2-4-9(13)7(8)5-6-14(12)10(15)11(16)17-12/h2-4H,5-6H2,1H3. The van der Waals surface area contributed by atoms with Crippen LogP contribution in [0.1, 0.15) is 18.1 Å². The summed E-state index contributed by atoms with van der Waals surface area (Å²) in [5.41, 5.74) is 1.05. The molecule has 0 N–H and O–H groups in total. The van der Waals surface area contributed by atoms with Crippen LogP contribution in [-0.2, 0) is 26.5 Å². The van der Waals surface area contributed by atoms with Gasteiger partial charge in [0, 0.05) is 16.6 Å². The summed E-state index contributed by atoms with van der Waals surface area (Å²) in [6, 6.07) is 5.74. The lowest BCUT2D eigenvalue weighted by atomic mass is 9.91. The zero-order chi connectivity index (χ0) is 12.2. The van der Waals surface area contributed by atoms with Gasteiger partial charge >= 0.3 is 11.9 Å². The summed E-state index contributed by atoms with van der Waals surface area (Å²) in [5, 5.41) is 0. The summed E-state index contributed by atoms with van der Waals surface area (Å²) in [7, 11) is 0. The Hall–Kier alpha value is -1.36. The van der Waals surface area contributed by atoms with Crippen molar-refractivity contribution in [2.75, 3.05) is 6.54 Å². The molecule has 2 aliphatic rings. The highest BCUT2D eigenvalue weighted by molar-refractivity contribution is 9.10. The Morgan fingerprint density at radius 2 is 2.18 bits per heavy atom. The summed E-state index contributed by atoms with van der Waals surface area (Å²) < 4.78 is 6.26. The second-order valence-electron chi connectivity index (χ2n) is 4.35. The Bertz CT molecular complexity index is 543. The van der Waals surface area contributed by atoms with Crippen molar-refractivity contribution in [2.24, 2.45) is 0 Å². The van der Waals surface area contributed by atoms with E-state index in [1.54, 1.807) is 6.92 Å². The fourth-order valence-electron chi connectivity index (χ4n) is 2.57. The zero-order valence-corrected chi connectivity index (χ0v) is 10.8. The number of carbonyl (C=O) groups excluding carboxylic acids is 2. The third-order valence-electron chi connectivity index (χ3n) is 3.43. The molecule has 5 heteroatoms. The Balaban J connectivity index is 2.21. The molecule has 1 aromatic carbocycles. The lowest BCUT2D eigenvalue weighted by Crippen LogP contribution is -2.46. The van der Waals surface area contributed by atoms with Crippen molar-refractivity contribution >= 4 is 27.8 Å². The van der Waals surface area contributed by atoms with Crippen molar-refractivity contribution in [3.05, 3.63) is 33.8 Å². The summed E-state index contributed by atoms with van der Waals surface area (Å²) in [5.74, 6) is -1.31. The molecular formula is C12H10BrNO3. The number of carbonyl (C=O) groups is 2. The van der Waals surface area contributed by atoms with E-state index in [4.69, 9.17) is 4.74 Å². The first kappa shape index (κ1) is 10.8. The van der Waals surface area contributed by atoms with E-state index in [0.29, 0.717) is 6.54 Å². The molecule has 1 fully saturated rings. The van der Waals surface area contributed by atoms with E-state index in [0.717, 1.165) is 22.0 Å². The summed E-state index contributed by atoms with van der Waals surface area (Å²) in [4.78, 5) is 24.6. The average molecular weight is 296 g/mol. The molecule has 0 aliphatic carbocycles. The van der Waals surface area contributed by atoms with Crippen LogP contribution < -0.4 is 0 Å². The predicted octanol–water partition coefficient (Wildman–Crippen LogP) is 1.56. The lowest BCUT2D eigenvalue weighted by Gasteiger charge is -2.38. The number of nitrogens with zero attached hydrogens (tertiary/aromatic N) is 1. The monoisotopic (exact) mass is 295 g/mol. The molecule has 4 nitrogen and oxygen atoms in total. The molecule has 0 aromatic heterocycles. The predicted molar refractivity (Wildman–Crippen MR) is 63.0 cm³/mol. The van der Waals surface area contributed by atoms with Crippen molar-refractivity contribution in [3.63, 3.8) is 0 Å². The van der Waals surface area contributed by atoms with Gasteiger partial charge in [-0.15, -0.1) is 0 Å². The maximum atomic E-state index is 11.7.